The molecule has 0 saturated heterocycles. The lowest BCUT2D eigenvalue weighted by Gasteiger charge is -2.49. The van der Waals surface area contributed by atoms with Crippen LogP contribution in [-0.2, 0) is 23.9 Å². The predicted molar refractivity (Wildman–Crippen MR) is 126 cm³/mol. The van der Waals surface area contributed by atoms with Gasteiger partial charge >= 0.3 is 11.9 Å². The molecule has 2 saturated carbocycles. The lowest BCUT2D eigenvalue weighted by Crippen LogP contribution is -2.66. The molecule has 8 nitrogen and oxygen atoms in total. The summed E-state index contributed by atoms with van der Waals surface area (Å²) in [6.07, 6.45) is 2.04. The van der Waals surface area contributed by atoms with E-state index in [1.54, 1.807) is 39.8 Å². The fourth-order valence-electron chi connectivity index (χ4n) is 7.47. The molecule has 4 rings (SSSR count). The summed E-state index contributed by atoms with van der Waals surface area (Å²) >= 11 is 0. The number of ketones is 1. The van der Waals surface area contributed by atoms with Gasteiger partial charge in [0.1, 0.15) is 11.7 Å². The molecular formula is C27H36O8. The topological polar surface area (TPSA) is 130 Å². The van der Waals surface area contributed by atoms with E-state index in [1.807, 2.05) is 13.8 Å². The molecule has 0 heterocycles. The zero-order valence-electron chi connectivity index (χ0n) is 21.4. The van der Waals surface area contributed by atoms with Gasteiger partial charge in [-0.1, -0.05) is 39.0 Å². The van der Waals surface area contributed by atoms with Gasteiger partial charge in [0.2, 0.25) is 0 Å². The Balaban J connectivity index is 1.95. The molecule has 0 aromatic carbocycles. The number of Topliss-reactive ketones (excluding diaryl/α,β-unsaturated/α-hetero) is 1. The third-order valence-corrected chi connectivity index (χ3v) is 9.32. The summed E-state index contributed by atoms with van der Waals surface area (Å²) in [4.78, 5) is 39.3. The second-order valence-corrected chi connectivity index (χ2v) is 11.3. The van der Waals surface area contributed by atoms with Crippen LogP contribution in [0.2, 0.25) is 0 Å². The summed E-state index contributed by atoms with van der Waals surface area (Å²) in [5.41, 5.74) is -4.52. The molecule has 2 bridgehead atoms. The van der Waals surface area contributed by atoms with Crippen LogP contribution in [0.4, 0.5) is 0 Å². The van der Waals surface area contributed by atoms with Crippen LogP contribution in [0.15, 0.2) is 34.9 Å². The van der Waals surface area contributed by atoms with Gasteiger partial charge in [-0.05, 0) is 44.3 Å². The lowest BCUT2D eigenvalue weighted by atomic mass is 9.59. The van der Waals surface area contributed by atoms with E-state index in [9.17, 15) is 29.7 Å². The average Bonchev–Trinajstić information content (AvgIpc) is 3.17. The standard InChI is InChI=1S/C27H36O8/c1-8-13(2)23(32)34-22-14(3)10-25-15(4)11-26(35-16(5)29)19(24(26,6)7)18(21(25)31)9-17(12-28)20(30)27(22,25)33/h8-10,15,18-20,22,28,30,33H,11-12H2,1-7H3/b13-8-/t15-,18+,19-,20-,22+,25+,26+,27+/m1/s1. The molecule has 0 radical (unpaired) electrons. The van der Waals surface area contributed by atoms with E-state index in [4.69, 9.17) is 9.47 Å². The van der Waals surface area contributed by atoms with Gasteiger partial charge < -0.3 is 24.8 Å². The molecule has 35 heavy (non-hydrogen) atoms. The van der Waals surface area contributed by atoms with Crippen molar-refractivity contribution in [2.24, 2.45) is 28.6 Å². The zero-order chi connectivity index (χ0) is 26.3. The van der Waals surface area contributed by atoms with E-state index in [2.05, 4.69) is 0 Å². The second-order valence-electron chi connectivity index (χ2n) is 11.3. The third-order valence-electron chi connectivity index (χ3n) is 9.32. The van der Waals surface area contributed by atoms with Crippen molar-refractivity contribution in [3.05, 3.63) is 34.9 Å². The summed E-state index contributed by atoms with van der Waals surface area (Å²) in [6, 6.07) is 0. The first-order valence-electron chi connectivity index (χ1n) is 12.2. The SMILES string of the molecule is C/C=C(/C)C(=O)O[C@H]1C(C)=C[C@]23C(=O)[C@@H](C=C(CO)[C@@H](O)[C@]12O)[C@@H]1C(C)(C)[C@]1(OC(C)=O)C[C@H]3C. The normalized spacial score (nSPS) is 43.7. The van der Waals surface area contributed by atoms with Gasteiger partial charge in [-0.25, -0.2) is 4.79 Å². The second kappa shape index (κ2) is 7.85. The Kier molecular flexibility index (Phi) is 5.79. The predicted octanol–water partition coefficient (Wildman–Crippen LogP) is 2.02. The van der Waals surface area contributed by atoms with E-state index in [-0.39, 0.29) is 17.8 Å². The Morgan fingerprint density at radius 3 is 2.43 bits per heavy atom. The molecule has 0 aliphatic heterocycles. The monoisotopic (exact) mass is 488 g/mol. The largest absolute Gasteiger partial charge is 0.458 e. The molecule has 2 fully saturated rings. The zero-order valence-corrected chi connectivity index (χ0v) is 21.4. The van der Waals surface area contributed by atoms with Crippen molar-refractivity contribution in [2.45, 2.75) is 78.3 Å². The van der Waals surface area contributed by atoms with Crippen molar-refractivity contribution in [2.75, 3.05) is 6.61 Å². The van der Waals surface area contributed by atoms with Gasteiger partial charge in [0.25, 0.3) is 0 Å². The molecule has 3 N–H and O–H groups in total. The number of esters is 2. The Hall–Kier alpha value is -2.29. The van der Waals surface area contributed by atoms with Gasteiger partial charge in [0.05, 0.1) is 12.0 Å². The molecule has 192 valence electrons. The number of hydrogen-bond acceptors (Lipinski definition) is 8. The highest BCUT2D eigenvalue weighted by molar-refractivity contribution is 5.96. The molecule has 1 spiro atoms. The Bertz CT molecular complexity index is 1080. The van der Waals surface area contributed by atoms with Crippen LogP contribution in [-0.4, -0.2) is 63.1 Å². The van der Waals surface area contributed by atoms with Crippen LogP contribution in [0.3, 0.4) is 0 Å². The average molecular weight is 489 g/mol. The quantitative estimate of drug-likeness (QED) is 0.311. The molecule has 4 aliphatic carbocycles. The van der Waals surface area contributed by atoms with Crippen molar-refractivity contribution in [1.82, 2.24) is 0 Å². The summed E-state index contributed by atoms with van der Waals surface area (Å²) in [5, 5.41) is 34.1. The number of ether oxygens (including phenoxy) is 2. The van der Waals surface area contributed by atoms with E-state index >= 15 is 0 Å². The Morgan fingerprint density at radius 2 is 1.89 bits per heavy atom. The lowest BCUT2D eigenvalue weighted by molar-refractivity contribution is -0.202. The van der Waals surface area contributed by atoms with Gasteiger partial charge in [-0.15, -0.1) is 0 Å². The van der Waals surface area contributed by atoms with Crippen molar-refractivity contribution in [3.63, 3.8) is 0 Å². The van der Waals surface area contributed by atoms with E-state index in [0.29, 0.717) is 11.1 Å². The van der Waals surface area contributed by atoms with Crippen molar-refractivity contribution in [1.29, 1.82) is 0 Å². The van der Waals surface area contributed by atoms with Crippen LogP contribution in [0.5, 0.6) is 0 Å². The fourth-order valence-corrected chi connectivity index (χ4v) is 7.47. The van der Waals surface area contributed by atoms with Crippen LogP contribution < -0.4 is 0 Å². The first kappa shape index (κ1) is 25.8. The number of aliphatic hydroxyl groups excluding tert-OH is 2. The molecule has 0 aromatic heterocycles. The van der Waals surface area contributed by atoms with Crippen LogP contribution in [0.1, 0.15) is 54.9 Å². The minimum atomic E-state index is -2.25. The maximum atomic E-state index is 14.5. The third kappa shape index (κ3) is 2.99. The highest BCUT2D eigenvalue weighted by Crippen LogP contribution is 2.75. The van der Waals surface area contributed by atoms with Crippen LogP contribution in [0, 0.1) is 28.6 Å². The number of fused-ring (bicyclic) bond motifs is 3. The highest BCUT2D eigenvalue weighted by Gasteiger charge is 2.83. The number of rotatable bonds is 4. The summed E-state index contributed by atoms with van der Waals surface area (Å²) in [5.74, 6) is -3.27. The maximum Gasteiger partial charge on any atom is 0.334 e. The summed E-state index contributed by atoms with van der Waals surface area (Å²) in [6.45, 7) is 11.3. The van der Waals surface area contributed by atoms with Gasteiger partial charge in [-0.2, -0.15) is 0 Å². The molecule has 8 atom stereocenters. The first-order valence-corrected chi connectivity index (χ1v) is 12.2. The maximum absolute atomic E-state index is 14.5. The van der Waals surface area contributed by atoms with E-state index in [1.165, 1.54) is 13.0 Å². The van der Waals surface area contributed by atoms with Gasteiger partial charge in [-0.3, -0.25) is 9.59 Å². The molecule has 4 aliphatic rings. The van der Waals surface area contributed by atoms with Crippen molar-refractivity contribution in [3.8, 4) is 0 Å². The number of carbonyl (C=O) groups excluding carboxylic acids is 3. The van der Waals surface area contributed by atoms with Crippen LogP contribution >= 0.6 is 0 Å². The van der Waals surface area contributed by atoms with Crippen molar-refractivity contribution >= 4 is 17.7 Å². The molecule has 0 aromatic rings. The van der Waals surface area contributed by atoms with Crippen LogP contribution in [0.25, 0.3) is 0 Å². The van der Waals surface area contributed by atoms with Crippen molar-refractivity contribution < 1.29 is 39.2 Å². The van der Waals surface area contributed by atoms with E-state index < -0.39 is 70.5 Å². The number of hydrogen-bond donors (Lipinski definition) is 3. The molecule has 8 heteroatoms. The summed E-state index contributed by atoms with van der Waals surface area (Å²) in [7, 11) is 0. The highest BCUT2D eigenvalue weighted by atomic mass is 16.6. The molecule has 0 unspecified atom stereocenters. The minimum absolute atomic E-state index is 0.0770. The number of carbonyl (C=O) groups is 3. The Morgan fingerprint density at radius 1 is 1.26 bits per heavy atom. The smallest absolute Gasteiger partial charge is 0.334 e. The first-order chi connectivity index (χ1) is 16.2. The number of aliphatic hydroxyl groups is 3. The minimum Gasteiger partial charge on any atom is -0.458 e. The van der Waals surface area contributed by atoms with Gasteiger partial charge in [0, 0.05) is 29.7 Å². The fraction of sp³-hybridized carbons (Fsp3) is 0.667. The summed E-state index contributed by atoms with van der Waals surface area (Å²) < 4.78 is 11.6. The molecule has 0 amide bonds. The Labute approximate surface area is 205 Å². The number of allylic oxidation sites excluding steroid dienone is 2. The molecular weight excluding hydrogens is 452 g/mol. The van der Waals surface area contributed by atoms with E-state index in [0.717, 1.165) is 0 Å². The van der Waals surface area contributed by atoms with Gasteiger partial charge in [0.15, 0.2) is 17.5 Å².